The second kappa shape index (κ2) is 6.93. The van der Waals surface area contributed by atoms with E-state index in [0.717, 1.165) is 6.26 Å². The van der Waals surface area contributed by atoms with Gasteiger partial charge in [0, 0.05) is 11.8 Å². The van der Waals surface area contributed by atoms with Crippen molar-refractivity contribution in [2.45, 2.75) is 37.2 Å². The van der Waals surface area contributed by atoms with Crippen LogP contribution in [0.3, 0.4) is 0 Å². The Labute approximate surface area is 158 Å². The fourth-order valence-electron chi connectivity index (χ4n) is 3.30. The van der Waals surface area contributed by atoms with Crippen LogP contribution in [0.5, 0.6) is 0 Å². The Morgan fingerprint density at radius 1 is 1.00 bits per heavy atom. The lowest BCUT2D eigenvalue weighted by molar-refractivity contribution is -0.128. The highest BCUT2D eigenvalue weighted by Gasteiger charge is 2.47. The van der Waals surface area contributed by atoms with Crippen molar-refractivity contribution >= 4 is 27.0 Å². The molecular weight excluding hydrogens is 367 g/mol. The number of carbonyl (C=O) groups excluding carboxylic acids is 1. The van der Waals surface area contributed by atoms with Gasteiger partial charge in [-0.05, 0) is 54.8 Å². The molecule has 3 rings (SSSR count). The van der Waals surface area contributed by atoms with Crippen molar-refractivity contribution in [3.63, 3.8) is 0 Å². The molecule has 1 aliphatic heterocycles. The first-order valence-electron chi connectivity index (χ1n) is 8.76. The maximum absolute atomic E-state index is 13.8. The first-order chi connectivity index (χ1) is 12.7. The van der Waals surface area contributed by atoms with Gasteiger partial charge in [-0.3, -0.25) is 4.79 Å². The Morgan fingerprint density at radius 2 is 1.63 bits per heavy atom. The number of benzene rings is 2. The molecule has 27 heavy (non-hydrogen) atoms. The van der Waals surface area contributed by atoms with E-state index in [9.17, 15) is 17.6 Å². The van der Waals surface area contributed by atoms with Crippen LogP contribution in [0.1, 0.15) is 37.8 Å². The normalized spacial score (nSPS) is 16.5. The van der Waals surface area contributed by atoms with Crippen LogP contribution in [0.4, 0.5) is 4.39 Å². The van der Waals surface area contributed by atoms with Gasteiger partial charge in [0.05, 0.1) is 10.5 Å². The molecule has 4 nitrogen and oxygen atoms in total. The summed E-state index contributed by atoms with van der Waals surface area (Å²) in [5.74, 6) is -0.264. The van der Waals surface area contributed by atoms with Crippen LogP contribution >= 0.6 is 0 Å². The molecule has 0 N–H and O–H groups in total. The van der Waals surface area contributed by atoms with E-state index < -0.39 is 21.3 Å². The minimum Gasteiger partial charge on any atom is -0.478 e. The summed E-state index contributed by atoms with van der Waals surface area (Å²) in [6.07, 6.45) is 2.09. The second-order valence-corrected chi connectivity index (χ2v) is 8.66. The van der Waals surface area contributed by atoms with Crippen LogP contribution in [-0.2, 0) is 19.4 Å². The zero-order valence-corrected chi connectivity index (χ0v) is 16.3. The molecule has 0 unspecified atom stereocenters. The van der Waals surface area contributed by atoms with Crippen LogP contribution in [-0.4, -0.2) is 26.1 Å². The summed E-state index contributed by atoms with van der Waals surface area (Å²) < 4.78 is 43.3. The molecule has 2 aromatic carbocycles. The molecule has 0 spiro atoms. The minimum absolute atomic E-state index is 0.180. The first kappa shape index (κ1) is 19.3. The first-order valence-corrected chi connectivity index (χ1v) is 10.7. The monoisotopic (exact) mass is 388 g/mol. The summed E-state index contributed by atoms with van der Waals surface area (Å²) in [7, 11) is -3.33. The molecule has 0 saturated heterocycles. The van der Waals surface area contributed by atoms with E-state index in [2.05, 4.69) is 0 Å². The van der Waals surface area contributed by atoms with Gasteiger partial charge in [-0.2, -0.15) is 0 Å². The van der Waals surface area contributed by atoms with Gasteiger partial charge in [0.15, 0.2) is 15.4 Å². The number of hydrogen-bond acceptors (Lipinski definition) is 4. The van der Waals surface area contributed by atoms with Gasteiger partial charge in [0.25, 0.3) is 0 Å². The van der Waals surface area contributed by atoms with E-state index in [-0.39, 0.29) is 10.7 Å². The molecule has 0 aliphatic carbocycles. The lowest BCUT2D eigenvalue weighted by atomic mass is 9.86. The van der Waals surface area contributed by atoms with E-state index in [1.807, 2.05) is 13.8 Å². The Hall–Kier alpha value is -2.47. The molecule has 6 heteroatoms. The number of hydrogen-bond donors (Lipinski definition) is 0. The van der Waals surface area contributed by atoms with Crippen molar-refractivity contribution in [1.29, 1.82) is 0 Å². The maximum atomic E-state index is 13.8. The summed E-state index contributed by atoms with van der Waals surface area (Å²) in [5.41, 5.74) is 0.363. The average Bonchev–Trinajstić information content (AvgIpc) is 2.94. The third kappa shape index (κ3) is 3.41. The highest BCUT2D eigenvalue weighted by Crippen LogP contribution is 2.44. The summed E-state index contributed by atoms with van der Waals surface area (Å²) in [5, 5.41) is 0. The van der Waals surface area contributed by atoms with E-state index in [1.54, 1.807) is 24.3 Å². The van der Waals surface area contributed by atoms with Crippen molar-refractivity contribution in [1.82, 2.24) is 0 Å². The van der Waals surface area contributed by atoms with Gasteiger partial charge >= 0.3 is 0 Å². The SMILES string of the molecule is CCC1(CC)OC(c2ccc(S(C)(=O)=O)cc2)=C(c2cccc(F)c2)C1=O. The lowest BCUT2D eigenvalue weighted by Gasteiger charge is -2.25. The Kier molecular flexibility index (Phi) is 4.95. The molecule has 0 bridgehead atoms. The molecule has 0 aromatic heterocycles. The van der Waals surface area contributed by atoms with E-state index in [1.165, 1.54) is 24.3 Å². The van der Waals surface area contributed by atoms with Gasteiger partial charge in [0.1, 0.15) is 11.6 Å². The fraction of sp³-hybridized carbons (Fsp3) is 0.286. The Balaban J connectivity index is 2.19. The van der Waals surface area contributed by atoms with Crippen molar-refractivity contribution in [2.24, 2.45) is 0 Å². The van der Waals surface area contributed by atoms with Crippen LogP contribution in [0.15, 0.2) is 53.4 Å². The number of Topliss-reactive ketones (excluding diaryl/α,β-unsaturated/α-hetero) is 1. The van der Waals surface area contributed by atoms with Gasteiger partial charge in [-0.15, -0.1) is 0 Å². The zero-order chi connectivity index (χ0) is 19.8. The quantitative estimate of drug-likeness (QED) is 0.768. The highest BCUT2D eigenvalue weighted by atomic mass is 32.2. The number of ketones is 1. The molecular formula is C21H21FO4S. The highest BCUT2D eigenvalue weighted by molar-refractivity contribution is 7.90. The van der Waals surface area contributed by atoms with Crippen molar-refractivity contribution < 1.29 is 22.3 Å². The molecule has 1 aliphatic rings. The molecule has 0 saturated carbocycles. The molecule has 142 valence electrons. The number of halogens is 1. The predicted molar refractivity (Wildman–Crippen MR) is 102 cm³/mol. The second-order valence-electron chi connectivity index (χ2n) is 6.64. The largest absolute Gasteiger partial charge is 0.478 e. The van der Waals surface area contributed by atoms with E-state index in [0.29, 0.717) is 35.3 Å². The zero-order valence-electron chi connectivity index (χ0n) is 15.5. The summed E-state index contributed by atoms with van der Waals surface area (Å²) in [6.45, 7) is 3.75. The minimum atomic E-state index is -3.33. The van der Waals surface area contributed by atoms with Crippen LogP contribution < -0.4 is 0 Å². The van der Waals surface area contributed by atoms with Crippen molar-refractivity contribution in [2.75, 3.05) is 6.26 Å². The smallest absolute Gasteiger partial charge is 0.210 e. The number of rotatable bonds is 5. The van der Waals surface area contributed by atoms with Crippen molar-refractivity contribution in [3.8, 4) is 0 Å². The summed E-state index contributed by atoms with van der Waals surface area (Å²) in [6, 6.07) is 12.0. The number of sulfone groups is 1. The average molecular weight is 388 g/mol. The summed E-state index contributed by atoms with van der Waals surface area (Å²) >= 11 is 0. The molecule has 2 aromatic rings. The van der Waals surface area contributed by atoms with Gasteiger partial charge in [0.2, 0.25) is 5.78 Å². The van der Waals surface area contributed by atoms with Gasteiger partial charge in [-0.25, -0.2) is 12.8 Å². The molecule has 0 atom stereocenters. The number of carbonyl (C=O) groups is 1. The van der Waals surface area contributed by atoms with Crippen LogP contribution in [0.2, 0.25) is 0 Å². The molecule has 1 heterocycles. The van der Waals surface area contributed by atoms with Gasteiger partial charge in [-0.1, -0.05) is 26.0 Å². The Bertz CT molecular complexity index is 1020. The van der Waals surface area contributed by atoms with Crippen LogP contribution in [0.25, 0.3) is 11.3 Å². The summed E-state index contributed by atoms with van der Waals surface area (Å²) in [4.78, 5) is 13.4. The van der Waals surface area contributed by atoms with Crippen molar-refractivity contribution in [3.05, 3.63) is 65.5 Å². The van der Waals surface area contributed by atoms with Gasteiger partial charge < -0.3 is 4.74 Å². The maximum Gasteiger partial charge on any atom is 0.210 e. The lowest BCUT2D eigenvalue weighted by Crippen LogP contribution is -2.35. The Morgan fingerprint density at radius 3 is 2.15 bits per heavy atom. The topological polar surface area (TPSA) is 60.4 Å². The van der Waals surface area contributed by atoms with Crippen LogP contribution in [0, 0.1) is 5.82 Å². The van der Waals surface area contributed by atoms with E-state index >= 15 is 0 Å². The molecule has 0 fully saturated rings. The fourth-order valence-corrected chi connectivity index (χ4v) is 3.93. The standard InChI is InChI=1S/C21H21FO4S/c1-4-21(5-2)20(23)18(15-7-6-8-16(22)13-15)19(26-21)14-9-11-17(12-10-14)27(3,24)25/h6-13H,4-5H2,1-3H3. The third-order valence-electron chi connectivity index (χ3n) is 4.97. The van der Waals surface area contributed by atoms with E-state index in [4.69, 9.17) is 4.74 Å². The number of ether oxygens (including phenoxy) is 1. The third-order valence-corrected chi connectivity index (χ3v) is 6.09. The predicted octanol–water partition coefficient (Wildman–Crippen LogP) is 4.26. The molecule has 0 radical (unpaired) electrons. The molecule has 0 amide bonds.